The van der Waals surface area contributed by atoms with Crippen LogP contribution in [0, 0.1) is 0 Å². The van der Waals surface area contributed by atoms with E-state index in [1.165, 1.54) is 6.07 Å². The Bertz CT molecular complexity index is 1090. The van der Waals surface area contributed by atoms with E-state index in [9.17, 15) is 8.42 Å². The molecule has 0 saturated carbocycles. The average molecular weight is 419 g/mol. The van der Waals surface area contributed by atoms with Crippen molar-refractivity contribution in [1.82, 2.24) is 15.5 Å². The Morgan fingerprint density at radius 2 is 2.07 bits per heavy atom. The topological polar surface area (TPSA) is 78.1 Å². The molecule has 0 spiro atoms. The number of nitrogens with zero attached hydrogens (tertiary/aromatic N) is 2. The van der Waals surface area contributed by atoms with Crippen LogP contribution in [0.25, 0.3) is 10.9 Å². The summed E-state index contributed by atoms with van der Waals surface area (Å²) in [5.74, 6) is 0. The molecule has 8 heteroatoms. The number of hydrogen-bond acceptors (Lipinski definition) is 5. The number of aromatic nitrogens is 2. The minimum Gasteiger partial charge on any atom is -0.366 e. The van der Waals surface area contributed by atoms with Gasteiger partial charge in [0.05, 0.1) is 15.4 Å². The van der Waals surface area contributed by atoms with E-state index in [0.717, 1.165) is 38.2 Å². The lowest BCUT2D eigenvalue weighted by Gasteiger charge is -2.38. The van der Waals surface area contributed by atoms with Crippen molar-refractivity contribution in [2.75, 3.05) is 24.5 Å². The van der Waals surface area contributed by atoms with Crippen LogP contribution in [0.4, 0.5) is 5.69 Å². The van der Waals surface area contributed by atoms with Crippen LogP contribution >= 0.6 is 11.6 Å². The smallest absolute Gasteiger partial charge is 0.225 e. The molecular formula is C20H23ClN4O2S. The molecule has 6 nitrogen and oxygen atoms in total. The van der Waals surface area contributed by atoms with Crippen molar-refractivity contribution in [3.63, 3.8) is 0 Å². The van der Waals surface area contributed by atoms with Crippen molar-refractivity contribution in [2.24, 2.45) is 0 Å². The summed E-state index contributed by atoms with van der Waals surface area (Å²) in [6.07, 6.45) is 2.18. The van der Waals surface area contributed by atoms with Gasteiger partial charge in [-0.15, -0.1) is 0 Å². The van der Waals surface area contributed by atoms with Gasteiger partial charge in [0.2, 0.25) is 9.84 Å². The second-order valence-corrected chi connectivity index (χ2v) is 9.29. The molecule has 1 aliphatic rings. The maximum absolute atomic E-state index is 13.2. The predicted octanol–water partition coefficient (Wildman–Crippen LogP) is 3.63. The lowest BCUT2D eigenvalue weighted by Crippen LogP contribution is -2.51. The zero-order valence-corrected chi connectivity index (χ0v) is 17.2. The monoisotopic (exact) mass is 418 g/mol. The number of benzene rings is 2. The highest BCUT2D eigenvalue weighted by Gasteiger charge is 2.27. The van der Waals surface area contributed by atoms with Gasteiger partial charge in [0.15, 0.2) is 5.03 Å². The second-order valence-electron chi connectivity index (χ2n) is 7.03. The van der Waals surface area contributed by atoms with Gasteiger partial charge in [0.1, 0.15) is 0 Å². The van der Waals surface area contributed by atoms with E-state index in [1.807, 2.05) is 18.2 Å². The standard InChI is InChI=1S/C20H23ClN4O2S/c1-2-5-15-13-22-10-11-25(15)14-8-9-18-16(12-14)20(24-23-18)28(26,27)19-7-4-3-6-17(19)21/h3-4,6-9,12,15,22H,2,5,10-11,13H2,1H3,(H,23,24). The van der Waals surface area contributed by atoms with Crippen molar-refractivity contribution in [1.29, 1.82) is 0 Å². The number of piperazine rings is 1. The molecule has 2 N–H and O–H groups in total. The van der Waals surface area contributed by atoms with Crippen LogP contribution in [-0.4, -0.2) is 44.3 Å². The number of nitrogens with one attached hydrogen (secondary N) is 2. The van der Waals surface area contributed by atoms with Crippen molar-refractivity contribution < 1.29 is 8.42 Å². The van der Waals surface area contributed by atoms with E-state index in [-0.39, 0.29) is 14.9 Å². The van der Waals surface area contributed by atoms with E-state index >= 15 is 0 Å². The molecule has 1 unspecified atom stereocenters. The third-order valence-corrected chi connectivity index (χ3v) is 7.43. The molecule has 2 aromatic carbocycles. The fourth-order valence-corrected chi connectivity index (χ4v) is 5.68. The third kappa shape index (κ3) is 3.38. The van der Waals surface area contributed by atoms with E-state index in [4.69, 9.17) is 11.6 Å². The lowest BCUT2D eigenvalue weighted by molar-refractivity contribution is 0.451. The molecule has 1 atom stereocenters. The number of rotatable bonds is 5. The third-order valence-electron chi connectivity index (χ3n) is 5.20. The number of hydrogen-bond donors (Lipinski definition) is 2. The maximum atomic E-state index is 13.2. The van der Waals surface area contributed by atoms with Crippen LogP contribution in [0.5, 0.6) is 0 Å². The molecule has 2 heterocycles. The van der Waals surface area contributed by atoms with Gasteiger partial charge < -0.3 is 10.2 Å². The van der Waals surface area contributed by atoms with Crippen LogP contribution in [0.1, 0.15) is 19.8 Å². The largest absolute Gasteiger partial charge is 0.366 e. The van der Waals surface area contributed by atoms with Crippen LogP contribution in [0.2, 0.25) is 5.02 Å². The van der Waals surface area contributed by atoms with Crippen LogP contribution in [0.3, 0.4) is 0 Å². The maximum Gasteiger partial charge on any atom is 0.225 e. The molecule has 1 aliphatic heterocycles. The number of anilines is 1. The normalized spacial score (nSPS) is 17.9. The highest BCUT2D eigenvalue weighted by Crippen LogP contribution is 2.33. The molecule has 1 fully saturated rings. The van der Waals surface area contributed by atoms with Crippen molar-refractivity contribution in [3.05, 3.63) is 47.5 Å². The molecule has 0 amide bonds. The summed E-state index contributed by atoms with van der Waals surface area (Å²) < 4.78 is 26.4. The Kier molecular flexibility index (Phi) is 5.31. The molecule has 1 aromatic heterocycles. The molecule has 148 valence electrons. The number of H-pyrrole nitrogens is 1. The summed E-state index contributed by atoms with van der Waals surface area (Å²) in [5.41, 5.74) is 1.64. The fraction of sp³-hybridized carbons (Fsp3) is 0.350. The molecule has 1 saturated heterocycles. The van der Waals surface area contributed by atoms with Crippen molar-refractivity contribution in [2.45, 2.75) is 35.7 Å². The summed E-state index contributed by atoms with van der Waals surface area (Å²) in [6, 6.07) is 12.7. The zero-order chi connectivity index (χ0) is 19.7. The molecule has 0 radical (unpaired) electrons. The van der Waals surface area contributed by atoms with Crippen molar-refractivity contribution >= 4 is 38.0 Å². The van der Waals surface area contributed by atoms with Crippen LogP contribution in [-0.2, 0) is 9.84 Å². The van der Waals surface area contributed by atoms with Crippen LogP contribution in [0.15, 0.2) is 52.4 Å². The first-order chi connectivity index (χ1) is 13.5. The number of halogens is 1. The van der Waals surface area contributed by atoms with Gasteiger partial charge >= 0.3 is 0 Å². The van der Waals surface area contributed by atoms with Gasteiger partial charge in [0, 0.05) is 36.7 Å². The minimum atomic E-state index is -3.81. The van der Waals surface area contributed by atoms with Crippen molar-refractivity contribution in [3.8, 4) is 0 Å². The fourth-order valence-electron chi connectivity index (χ4n) is 3.82. The minimum absolute atomic E-state index is 0.0821. The Morgan fingerprint density at radius 3 is 2.86 bits per heavy atom. The Labute approximate surface area is 169 Å². The van der Waals surface area contributed by atoms with E-state index < -0.39 is 9.84 Å². The quantitative estimate of drug-likeness (QED) is 0.661. The zero-order valence-electron chi connectivity index (χ0n) is 15.7. The summed E-state index contributed by atoms with van der Waals surface area (Å²) in [5, 5.41) is 11.2. The summed E-state index contributed by atoms with van der Waals surface area (Å²) in [4.78, 5) is 2.44. The van der Waals surface area contributed by atoms with Gasteiger partial charge in [-0.2, -0.15) is 5.10 Å². The number of aromatic amines is 1. The first kappa shape index (κ1) is 19.2. The molecular weight excluding hydrogens is 396 g/mol. The molecule has 4 rings (SSSR count). The van der Waals surface area contributed by atoms with E-state index in [2.05, 4.69) is 27.3 Å². The van der Waals surface area contributed by atoms with Gasteiger partial charge in [-0.25, -0.2) is 8.42 Å². The summed E-state index contributed by atoms with van der Waals surface area (Å²) in [7, 11) is -3.81. The average Bonchev–Trinajstić information content (AvgIpc) is 3.13. The first-order valence-corrected chi connectivity index (χ1v) is 11.3. The van der Waals surface area contributed by atoms with Gasteiger partial charge in [-0.3, -0.25) is 5.10 Å². The Balaban J connectivity index is 1.80. The second kappa shape index (κ2) is 7.73. The number of sulfone groups is 1. The number of fused-ring (bicyclic) bond motifs is 1. The van der Waals surface area contributed by atoms with Gasteiger partial charge in [-0.05, 0) is 36.8 Å². The van der Waals surface area contributed by atoms with Gasteiger partial charge in [0.25, 0.3) is 0 Å². The Morgan fingerprint density at radius 1 is 1.25 bits per heavy atom. The SMILES string of the molecule is CCCC1CNCCN1c1ccc2n[nH]c(S(=O)(=O)c3ccccc3Cl)c2c1. The molecule has 28 heavy (non-hydrogen) atoms. The first-order valence-electron chi connectivity index (χ1n) is 9.47. The highest BCUT2D eigenvalue weighted by atomic mass is 35.5. The molecule has 0 aliphatic carbocycles. The highest BCUT2D eigenvalue weighted by molar-refractivity contribution is 7.91. The van der Waals surface area contributed by atoms with Crippen LogP contribution < -0.4 is 10.2 Å². The summed E-state index contributed by atoms with van der Waals surface area (Å²) in [6.45, 7) is 4.91. The lowest BCUT2D eigenvalue weighted by atomic mass is 10.1. The molecule has 3 aromatic rings. The van der Waals surface area contributed by atoms with Gasteiger partial charge in [-0.1, -0.05) is 37.1 Å². The molecule has 0 bridgehead atoms. The summed E-state index contributed by atoms with van der Waals surface area (Å²) >= 11 is 6.16. The van der Waals surface area contributed by atoms with E-state index in [1.54, 1.807) is 18.2 Å². The predicted molar refractivity (Wildman–Crippen MR) is 112 cm³/mol. The Hall–Kier alpha value is -2.09. The van der Waals surface area contributed by atoms with E-state index in [0.29, 0.717) is 16.9 Å².